The number of aromatic nitrogens is 3. The van der Waals surface area contributed by atoms with Crippen molar-refractivity contribution in [2.75, 3.05) is 0 Å². The molecule has 2 aromatic heterocycles. The van der Waals surface area contributed by atoms with E-state index in [1.807, 2.05) is 0 Å². The lowest BCUT2D eigenvalue weighted by molar-refractivity contribution is 0.425. The van der Waals surface area contributed by atoms with Gasteiger partial charge in [0.2, 0.25) is 5.78 Å². The highest BCUT2D eigenvalue weighted by Gasteiger charge is 2.11. The van der Waals surface area contributed by atoms with Gasteiger partial charge < -0.3 is 10.0 Å². The standard InChI is InChI=1S/C6H6BN3O2/c11-7(12)5-3-9-6-8-1-2-10(6)4-5/h1-4,11-12H. The molecule has 0 fully saturated rings. The van der Waals surface area contributed by atoms with Gasteiger partial charge in [0.25, 0.3) is 0 Å². The van der Waals surface area contributed by atoms with E-state index in [4.69, 9.17) is 10.0 Å². The topological polar surface area (TPSA) is 70.7 Å². The molecule has 60 valence electrons. The Bertz CT molecular complexity index is 400. The van der Waals surface area contributed by atoms with Crippen LogP contribution in [0.1, 0.15) is 0 Å². The summed E-state index contributed by atoms with van der Waals surface area (Å²) < 4.78 is 1.62. The first kappa shape index (κ1) is 7.26. The second-order valence-corrected chi connectivity index (χ2v) is 2.40. The fourth-order valence-corrected chi connectivity index (χ4v) is 0.965. The van der Waals surface area contributed by atoms with Crippen molar-refractivity contribution >= 4 is 18.4 Å². The zero-order valence-corrected chi connectivity index (χ0v) is 6.12. The second kappa shape index (κ2) is 2.58. The maximum atomic E-state index is 8.80. The van der Waals surface area contributed by atoms with E-state index in [2.05, 4.69) is 9.97 Å². The van der Waals surface area contributed by atoms with Crippen molar-refractivity contribution in [3.05, 3.63) is 24.8 Å². The molecule has 0 aliphatic carbocycles. The van der Waals surface area contributed by atoms with Gasteiger partial charge >= 0.3 is 7.12 Å². The highest BCUT2D eigenvalue weighted by molar-refractivity contribution is 6.58. The summed E-state index contributed by atoms with van der Waals surface area (Å²) in [6.45, 7) is 0. The summed E-state index contributed by atoms with van der Waals surface area (Å²) in [6.07, 6.45) is 6.23. The Morgan fingerprint density at radius 2 is 2.17 bits per heavy atom. The molecule has 2 heterocycles. The van der Waals surface area contributed by atoms with Crippen LogP contribution >= 0.6 is 0 Å². The first-order valence-electron chi connectivity index (χ1n) is 3.42. The van der Waals surface area contributed by atoms with Gasteiger partial charge in [0.05, 0.1) is 0 Å². The fraction of sp³-hybridized carbons (Fsp3) is 0. The smallest absolute Gasteiger partial charge is 0.423 e. The highest BCUT2D eigenvalue weighted by atomic mass is 16.4. The van der Waals surface area contributed by atoms with Crippen LogP contribution in [-0.2, 0) is 0 Å². The molecule has 2 aromatic rings. The molecule has 0 unspecified atom stereocenters. The molecule has 0 spiro atoms. The lowest BCUT2D eigenvalue weighted by Gasteiger charge is -1.98. The molecule has 5 nitrogen and oxygen atoms in total. The number of hydrogen-bond donors (Lipinski definition) is 2. The van der Waals surface area contributed by atoms with E-state index in [1.165, 1.54) is 6.20 Å². The Morgan fingerprint density at radius 1 is 1.33 bits per heavy atom. The molecular weight excluding hydrogens is 157 g/mol. The molecule has 12 heavy (non-hydrogen) atoms. The third kappa shape index (κ3) is 1.07. The fourth-order valence-electron chi connectivity index (χ4n) is 0.965. The Labute approximate surface area is 68.5 Å². The van der Waals surface area contributed by atoms with E-state index in [1.54, 1.807) is 23.0 Å². The van der Waals surface area contributed by atoms with Crippen LogP contribution < -0.4 is 5.46 Å². The van der Waals surface area contributed by atoms with E-state index in [0.29, 0.717) is 11.2 Å². The SMILES string of the molecule is OB(O)c1cnc2nccn2c1. The van der Waals surface area contributed by atoms with Gasteiger partial charge in [0, 0.05) is 30.3 Å². The molecule has 2 rings (SSSR count). The van der Waals surface area contributed by atoms with E-state index in [-0.39, 0.29) is 0 Å². The maximum absolute atomic E-state index is 8.80. The van der Waals surface area contributed by atoms with Crippen LogP contribution in [-0.4, -0.2) is 31.5 Å². The van der Waals surface area contributed by atoms with Crippen molar-refractivity contribution in [1.29, 1.82) is 0 Å². The normalized spacial score (nSPS) is 10.5. The number of rotatable bonds is 1. The monoisotopic (exact) mass is 163 g/mol. The Kier molecular flexibility index (Phi) is 1.56. The summed E-state index contributed by atoms with van der Waals surface area (Å²) in [5.74, 6) is 0.541. The quantitative estimate of drug-likeness (QED) is 0.497. The lowest BCUT2D eigenvalue weighted by Crippen LogP contribution is -2.31. The van der Waals surface area contributed by atoms with Crippen molar-refractivity contribution < 1.29 is 10.0 Å². The van der Waals surface area contributed by atoms with Crippen molar-refractivity contribution in [3.63, 3.8) is 0 Å². The van der Waals surface area contributed by atoms with Crippen LogP contribution in [0.3, 0.4) is 0 Å². The predicted molar refractivity (Wildman–Crippen MR) is 42.8 cm³/mol. The molecule has 2 N–H and O–H groups in total. The molecule has 0 atom stereocenters. The van der Waals surface area contributed by atoms with Gasteiger partial charge in [-0.05, 0) is 0 Å². The van der Waals surface area contributed by atoms with E-state index in [9.17, 15) is 0 Å². The molecule has 0 aliphatic heterocycles. The van der Waals surface area contributed by atoms with E-state index in [0.717, 1.165) is 0 Å². The summed E-state index contributed by atoms with van der Waals surface area (Å²) in [5, 5.41) is 17.6. The molecule has 0 saturated heterocycles. The van der Waals surface area contributed by atoms with E-state index >= 15 is 0 Å². The molecule has 0 radical (unpaired) electrons. The van der Waals surface area contributed by atoms with Crippen LogP contribution in [0.25, 0.3) is 5.78 Å². The van der Waals surface area contributed by atoms with Gasteiger partial charge in [-0.3, -0.25) is 4.40 Å². The lowest BCUT2D eigenvalue weighted by atomic mass is 9.83. The number of hydrogen-bond acceptors (Lipinski definition) is 4. The van der Waals surface area contributed by atoms with Crippen molar-refractivity contribution in [2.24, 2.45) is 0 Å². The Morgan fingerprint density at radius 3 is 2.92 bits per heavy atom. The molecule has 0 bridgehead atoms. The molecule has 0 amide bonds. The molecular formula is C6H6BN3O2. The summed E-state index contributed by atoms with van der Waals surface area (Å²) in [5.41, 5.74) is 0.348. The predicted octanol–water partition coefficient (Wildman–Crippen LogP) is -1.59. The average molecular weight is 163 g/mol. The van der Waals surface area contributed by atoms with Gasteiger partial charge in [-0.1, -0.05) is 0 Å². The van der Waals surface area contributed by atoms with Crippen LogP contribution in [0.4, 0.5) is 0 Å². The highest BCUT2D eigenvalue weighted by Crippen LogP contribution is 1.92. The van der Waals surface area contributed by atoms with Gasteiger partial charge in [0.15, 0.2) is 0 Å². The largest absolute Gasteiger partial charge is 0.491 e. The van der Waals surface area contributed by atoms with Crippen molar-refractivity contribution in [1.82, 2.24) is 14.4 Å². The summed E-state index contributed by atoms with van der Waals surface area (Å²) in [4.78, 5) is 7.80. The summed E-state index contributed by atoms with van der Waals surface area (Å²) in [7, 11) is -1.48. The number of nitrogens with zero attached hydrogens (tertiary/aromatic N) is 3. The minimum Gasteiger partial charge on any atom is -0.423 e. The van der Waals surface area contributed by atoms with Gasteiger partial charge in [0.1, 0.15) is 0 Å². The Hall–Kier alpha value is -1.40. The van der Waals surface area contributed by atoms with Gasteiger partial charge in [-0.2, -0.15) is 0 Å². The van der Waals surface area contributed by atoms with Crippen LogP contribution in [0.5, 0.6) is 0 Å². The van der Waals surface area contributed by atoms with Crippen molar-refractivity contribution in [2.45, 2.75) is 0 Å². The molecule has 0 aromatic carbocycles. The van der Waals surface area contributed by atoms with Crippen LogP contribution in [0.15, 0.2) is 24.8 Å². The van der Waals surface area contributed by atoms with Crippen LogP contribution in [0, 0.1) is 0 Å². The van der Waals surface area contributed by atoms with E-state index < -0.39 is 7.12 Å². The number of fused-ring (bicyclic) bond motifs is 1. The van der Waals surface area contributed by atoms with Gasteiger partial charge in [-0.25, -0.2) is 9.97 Å². The molecule has 6 heteroatoms. The third-order valence-corrected chi connectivity index (χ3v) is 1.56. The van der Waals surface area contributed by atoms with Gasteiger partial charge in [-0.15, -0.1) is 0 Å². The first-order chi connectivity index (χ1) is 5.77. The average Bonchev–Trinajstić information content (AvgIpc) is 2.49. The number of imidazole rings is 1. The maximum Gasteiger partial charge on any atom is 0.491 e. The second-order valence-electron chi connectivity index (χ2n) is 2.40. The Balaban J connectivity index is 2.60. The minimum absolute atomic E-state index is 0.348. The molecule has 0 saturated carbocycles. The zero-order valence-electron chi connectivity index (χ0n) is 6.12. The van der Waals surface area contributed by atoms with Crippen LogP contribution in [0.2, 0.25) is 0 Å². The minimum atomic E-state index is -1.48. The molecule has 0 aliphatic rings. The summed E-state index contributed by atoms with van der Waals surface area (Å²) >= 11 is 0. The summed E-state index contributed by atoms with van der Waals surface area (Å²) in [6, 6.07) is 0. The first-order valence-corrected chi connectivity index (χ1v) is 3.42. The van der Waals surface area contributed by atoms with Crippen molar-refractivity contribution in [3.8, 4) is 0 Å². The zero-order chi connectivity index (χ0) is 8.55. The third-order valence-electron chi connectivity index (χ3n) is 1.56.